The summed E-state index contributed by atoms with van der Waals surface area (Å²) < 4.78 is 5.80. The third kappa shape index (κ3) is 6.43. The van der Waals surface area contributed by atoms with Gasteiger partial charge in [0.25, 0.3) is 5.91 Å². The summed E-state index contributed by atoms with van der Waals surface area (Å²) in [6.07, 6.45) is 1.03. The molecule has 0 aliphatic rings. The zero-order valence-corrected chi connectivity index (χ0v) is 18.7. The van der Waals surface area contributed by atoms with Gasteiger partial charge in [-0.05, 0) is 72.6 Å². The van der Waals surface area contributed by atoms with E-state index in [1.807, 2.05) is 48.5 Å². The summed E-state index contributed by atoms with van der Waals surface area (Å²) in [6, 6.07) is 23.8. The first kappa shape index (κ1) is 22.6. The molecule has 1 amide bonds. The van der Waals surface area contributed by atoms with Crippen molar-refractivity contribution in [3.05, 3.63) is 83.9 Å². The Bertz CT molecular complexity index is 944. The maximum Gasteiger partial charge on any atom is 0.255 e. The van der Waals surface area contributed by atoms with Crippen LogP contribution in [0.15, 0.2) is 72.8 Å². The zero-order valence-electron chi connectivity index (χ0n) is 18.7. The van der Waals surface area contributed by atoms with E-state index in [4.69, 9.17) is 4.74 Å². The number of anilines is 1. The summed E-state index contributed by atoms with van der Waals surface area (Å²) in [6.45, 7) is 10.1. The molecule has 3 rings (SSSR count). The predicted octanol–water partition coefficient (Wildman–Crippen LogP) is 5.89. The monoisotopic (exact) mass is 416 g/mol. The second-order valence-electron chi connectivity index (χ2n) is 7.48. The second-order valence-corrected chi connectivity index (χ2v) is 7.48. The van der Waals surface area contributed by atoms with Crippen molar-refractivity contribution in [1.82, 2.24) is 4.90 Å². The number of ether oxygens (including phenoxy) is 1. The number of likely N-dealkylation sites (N-methyl/N-ethyl adjacent to an activating group) is 1. The SMILES string of the molecule is CCc1ccc(-c2ccc(C(=O)Nc3ccc(OCCN(CC)CC)cc3)cc2)cc1. The highest BCUT2D eigenvalue weighted by atomic mass is 16.5. The molecule has 0 fully saturated rings. The van der Waals surface area contributed by atoms with Gasteiger partial charge < -0.3 is 15.0 Å². The number of carbonyl (C=O) groups is 1. The Morgan fingerprint density at radius 2 is 1.39 bits per heavy atom. The summed E-state index contributed by atoms with van der Waals surface area (Å²) in [5, 5.41) is 2.95. The fourth-order valence-corrected chi connectivity index (χ4v) is 3.42. The van der Waals surface area contributed by atoms with Crippen LogP contribution in [0.4, 0.5) is 5.69 Å². The van der Waals surface area contributed by atoms with Crippen molar-refractivity contribution in [2.24, 2.45) is 0 Å². The van der Waals surface area contributed by atoms with E-state index in [0.717, 1.165) is 48.6 Å². The van der Waals surface area contributed by atoms with Gasteiger partial charge in [-0.25, -0.2) is 0 Å². The predicted molar refractivity (Wildman–Crippen MR) is 129 cm³/mol. The average Bonchev–Trinajstić information content (AvgIpc) is 2.83. The molecule has 31 heavy (non-hydrogen) atoms. The number of aryl methyl sites for hydroxylation is 1. The van der Waals surface area contributed by atoms with E-state index in [2.05, 4.69) is 55.3 Å². The van der Waals surface area contributed by atoms with Gasteiger partial charge in [0, 0.05) is 17.8 Å². The standard InChI is InChI=1S/C27H32N2O2/c1-4-21-7-9-22(10-8-21)23-11-13-24(14-12-23)27(30)28-25-15-17-26(18-16-25)31-20-19-29(5-2)6-3/h7-18H,4-6,19-20H2,1-3H3,(H,28,30). The minimum Gasteiger partial charge on any atom is -0.492 e. The van der Waals surface area contributed by atoms with Crippen LogP contribution in [0.5, 0.6) is 5.75 Å². The van der Waals surface area contributed by atoms with Crippen LogP contribution in [0.25, 0.3) is 11.1 Å². The highest BCUT2D eigenvalue weighted by Gasteiger charge is 2.07. The van der Waals surface area contributed by atoms with E-state index in [9.17, 15) is 4.79 Å². The van der Waals surface area contributed by atoms with Gasteiger partial charge >= 0.3 is 0 Å². The van der Waals surface area contributed by atoms with E-state index < -0.39 is 0 Å². The topological polar surface area (TPSA) is 41.6 Å². The number of hydrogen-bond donors (Lipinski definition) is 1. The van der Waals surface area contributed by atoms with Crippen LogP contribution in [0.2, 0.25) is 0 Å². The van der Waals surface area contributed by atoms with Crippen molar-refractivity contribution >= 4 is 11.6 Å². The normalized spacial score (nSPS) is 10.8. The number of benzene rings is 3. The number of hydrogen-bond acceptors (Lipinski definition) is 3. The largest absolute Gasteiger partial charge is 0.492 e. The number of nitrogens with one attached hydrogen (secondary N) is 1. The van der Waals surface area contributed by atoms with Crippen molar-refractivity contribution in [3.8, 4) is 16.9 Å². The van der Waals surface area contributed by atoms with Gasteiger partial charge in [0.15, 0.2) is 0 Å². The van der Waals surface area contributed by atoms with Crippen LogP contribution in [0.3, 0.4) is 0 Å². The Labute approximate surface area is 185 Å². The molecular weight excluding hydrogens is 384 g/mol. The van der Waals surface area contributed by atoms with Gasteiger partial charge in [0.1, 0.15) is 12.4 Å². The van der Waals surface area contributed by atoms with Crippen molar-refractivity contribution < 1.29 is 9.53 Å². The smallest absolute Gasteiger partial charge is 0.255 e. The molecule has 0 atom stereocenters. The Balaban J connectivity index is 1.54. The van der Waals surface area contributed by atoms with Gasteiger partial charge in [0.05, 0.1) is 0 Å². The fourth-order valence-electron chi connectivity index (χ4n) is 3.42. The van der Waals surface area contributed by atoms with Crippen LogP contribution in [0.1, 0.15) is 36.7 Å². The molecule has 0 aromatic heterocycles. The average molecular weight is 417 g/mol. The molecule has 1 N–H and O–H groups in total. The van der Waals surface area contributed by atoms with Gasteiger partial charge in [-0.1, -0.05) is 57.2 Å². The number of carbonyl (C=O) groups excluding carboxylic acids is 1. The lowest BCUT2D eigenvalue weighted by molar-refractivity contribution is 0.102. The molecular formula is C27H32N2O2. The summed E-state index contributed by atoms with van der Waals surface area (Å²) >= 11 is 0. The quantitative estimate of drug-likeness (QED) is 0.448. The van der Waals surface area contributed by atoms with Crippen molar-refractivity contribution in [3.63, 3.8) is 0 Å². The summed E-state index contributed by atoms with van der Waals surface area (Å²) in [4.78, 5) is 14.9. The maximum atomic E-state index is 12.6. The number of nitrogens with zero attached hydrogens (tertiary/aromatic N) is 1. The molecule has 0 unspecified atom stereocenters. The molecule has 0 saturated heterocycles. The molecule has 3 aromatic rings. The highest BCUT2D eigenvalue weighted by molar-refractivity contribution is 6.04. The fraction of sp³-hybridized carbons (Fsp3) is 0.296. The Morgan fingerprint density at radius 1 is 0.806 bits per heavy atom. The van der Waals surface area contributed by atoms with E-state index in [-0.39, 0.29) is 5.91 Å². The molecule has 0 aliphatic heterocycles. The van der Waals surface area contributed by atoms with Gasteiger partial charge in [-0.2, -0.15) is 0 Å². The van der Waals surface area contributed by atoms with Crippen LogP contribution in [-0.4, -0.2) is 37.0 Å². The third-order valence-electron chi connectivity index (χ3n) is 5.53. The first-order valence-corrected chi connectivity index (χ1v) is 11.1. The van der Waals surface area contributed by atoms with E-state index in [0.29, 0.717) is 12.2 Å². The molecule has 0 spiro atoms. The lowest BCUT2D eigenvalue weighted by Gasteiger charge is -2.18. The Morgan fingerprint density at radius 3 is 1.94 bits per heavy atom. The van der Waals surface area contributed by atoms with E-state index >= 15 is 0 Å². The molecule has 0 radical (unpaired) electrons. The first-order chi connectivity index (χ1) is 15.1. The van der Waals surface area contributed by atoms with Gasteiger partial charge in [0.2, 0.25) is 0 Å². The molecule has 162 valence electrons. The molecule has 0 bridgehead atoms. The van der Waals surface area contributed by atoms with Crippen molar-refractivity contribution in [2.75, 3.05) is 31.6 Å². The van der Waals surface area contributed by atoms with Crippen molar-refractivity contribution in [1.29, 1.82) is 0 Å². The van der Waals surface area contributed by atoms with Crippen LogP contribution < -0.4 is 10.1 Å². The molecule has 4 nitrogen and oxygen atoms in total. The molecule has 0 heterocycles. The minimum absolute atomic E-state index is 0.122. The number of amides is 1. The summed E-state index contributed by atoms with van der Waals surface area (Å²) in [5.41, 5.74) is 4.96. The summed E-state index contributed by atoms with van der Waals surface area (Å²) in [5.74, 6) is 0.687. The van der Waals surface area contributed by atoms with E-state index in [1.54, 1.807) is 0 Å². The van der Waals surface area contributed by atoms with Crippen LogP contribution in [0, 0.1) is 0 Å². The van der Waals surface area contributed by atoms with Crippen LogP contribution >= 0.6 is 0 Å². The summed E-state index contributed by atoms with van der Waals surface area (Å²) in [7, 11) is 0. The van der Waals surface area contributed by atoms with E-state index in [1.165, 1.54) is 5.56 Å². The van der Waals surface area contributed by atoms with Crippen LogP contribution in [-0.2, 0) is 6.42 Å². The van der Waals surface area contributed by atoms with Gasteiger partial charge in [-0.3, -0.25) is 4.79 Å². The third-order valence-corrected chi connectivity index (χ3v) is 5.53. The zero-order chi connectivity index (χ0) is 22.1. The molecule has 3 aromatic carbocycles. The van der Waals surface area contributed by atoms with Gasteiger partial charge in [-0.15, -0.1) is 0 Å². The Hall–Kier alpha value is -3.11. The molecule has 0 aliphatic carbocycles. The minimum atomic E-state index is -0.122. The lowest BCUT2D eigenvalue weighted by atomic mass is 10.0. The first-order valence-electron chi connectivity index (χ1n) is 11.1. The Kier molecular flexibility index (Phi) is 8.25. The highest BCUT2D eigenvalue weighted by Crippen LogP contribution is 2.21. The number of rotatable bonds is 10. The second kappa shape index (κ2) is 11.3. The van der Waals surface area contributed by atoms with Crippen molar-refractivity contribution in [2.45, 2.75) is 27.2 Å². The molecule has 0 saturated carbocycles. The lowest BCUT2D eigenvalue weighted by Crippen LogP contribution is -2.27. The molecule has 4 heteroatoms. The maximum absolute atomic E-state index is 12.6.